The van der Waals surface area contributed by atoms with Gasteiger partial charge in [0, 0.05) is 22.9 Å². The molecule has 0 atom stereocenters. The van der Waals surface area contributed by atoms with Crippen molar-refractivity contribution in [2.24, 2.45) is 0 Å². The third kappa shape index (κ3) is 5.79. The van der Waals surface area contributed by atoms with Crippen LogP contribution in [0.15, 0.2) is 29.4 Å². The van der Waals surface area contributed by atoms with Crippen molar-refractivity contribution in [1.29, 1.82) is 0 Å². The Balaban J connectivity index is 2.04. The van der Waals surface area contributed by atoms with Crippen LogP contribution in [-0.4, -0.2) is 57.0 Å². The zero-order valence-electron chi connectivity index (χ0n) is 18.3. The Morgan fingerprint density at radius 1 is 1.26 bits per heavy atom. The van der Waals surface area contributed by atoms with Crippen LogP contribution in [0.25, 0.3) is 17.0 Å². The first-order valence-electron chi connectivity index (χ1n) is 9.91. The molecule has 0 radical (unpaired) electrons. The largest absolute Gasteiger partial charge is 0.462 e. The van der Waals surface area contributed by atoms with E-state index in [-0.39, 0.29) is 11.5 Å². The van der Waals surface area contributed by atoms with Crippen LogP contribution in [0.2, 0.25) is 5.02 Å². The predicted octanol–water partition coefficient (Wildman–Crippen LogP) is 4.56. The minimum Gasteiger partial charge on any atom is -0.462 e. The standard InChI is InChI=1S/C21H27ClN4O4S/c1-6-30-19(27)14-11-23-26(12-14)20-24-16-10-18(31-21(2,3)4)15(22)9-17(16)25(20)13-29-8-7-28-5/h9-12H,6-8,13H2,1-5H3. The number of nitrogens with zero attached hydrogens (tertiary/aromatic N) is 4. The Hall–Kier alpha value is -2.07. The first-order chi connectivity index (χ1) is 14.7. The van der Waals surface area contributed by atoms with Gasteiger partial charge in [0.25, 0.3) is 0 Å². The van der Waals surface area contributed by atoms with Crippen LogP contribution in [0.4, 0.5) is 0 Å². The Kier molecular flexibility index (Phi) is 7.64. The minimum absolute atomic E-state index is 0.00248. The van der Waals surface area contributed by atoms with E-state index >= 15 is 0 Å². The van der Waals surface area contributed by atoms with Gasteiger partial charge < -0.3 is 14.2 Å². The Morgan fingerprint density at radius 3 is 2.71 bits per heavy atom. The van der Waals surface area contributed by atoms with Gasteiger partial charge in [-0.2, -0.15) is 5.10 Å². The summed E-state index contributed by atoms with van der Waals surface area (Å²) in [6, 6.07) is 3.86. The quantitative estimate of drug-likeness (QED) is 0.259. The van der Waals surface area contributed by atoms with Gasteiger partial charge in [-0.15, -0.1) is 11.8 Å². The molecule has 168 valence electrons. The summed E-state index contributed by atoms with van der Waals surface area (Å²) in [5, 5.41) is 4.95. The van der Waals surface area contributed by atoms with Gasteiger partial charge in [0.2, 0.25) is 5.95 Å². The van der Waals surface area contributed by atoms with Crippen LogP contribution in [0.5, 0.6) is 0 Å². The molecule has 0 saturated carbocycles. The molecule has 0 aliphatic heterocycles. The number of ether oxygens (including phenoxy) is 3. The molecule has 0 N–H and O–H groups in total. The smallest absolute Gasteiger partial charge is 0.341 e. The second-order valence-corrected chi connectivity index (χ2v) is 10.0. The second-order valence-electron chi connectivity index (χ2n) is 7.75. The van der Waals surface area contributed by atoms with E-state index in [1.807, 2.05) is 16.7 Å². The molecular formula is C21H27ClN4O4S. The molecule has 0 aliphatic rings. The van der Waals surface area contributed by atoms with Crippen LogP contribution in [-0.2, 0) is 20.9 Å². The van der Waals surface area contributed by atoms with E-state index < -0.39 is 5.97 Å². The summed E-state index contributed by atoms with van der Waals surface area (Å²) in [7, 11) is 1.62. The molecule has 31 heavy (non-hydrogen) atoms. The molecule has 0 saturated heterocycles. The Bertz CT molecular complexity index is 1060. The zero-order valence-corrected chi connectivity index (χ0v) is 19.9. The average Bonchev–Trinajstić information content (AvgIpc) is 3.30. The summed E-state index contributed by atoms with van der Waals surface area (Å²) in [6.45, 7) is 9.58. The molecule has 0 amide bonds. The van der Waals surface area contributed by atoms with Crippen molar-refractivity contribution < 1.29 is 19.0 Å². The van der Waals surface area contributed by atoms with Crippen molar-refractivity contribution in [3.8, 4) is 5.95 Å². The highest BCUT2D eigenvalue weighted by atomic mass is 35.5. The summed E-state index contributed by atoms with van der Waals surface area (Å²) >= 11 is 8.27. The number of carbonyl (C=O) groups is 1. The molecule has 0 unspecified atom stereocenters. The number of hydrogen-bond donors (Lipinski definition) is 0. The SMILES string of the molecule is CCOC(=O)c1cnn(-c2nc3cc(SC(C)(C)C)c(Cl)cc3n2COCCOC)c1. The summed E-state index contributed by atoms with van der Waals surface area (Å²) in [4.78, 5) is 17.8. The number of hydrogen-bond acceptors (Lipinski definition) is 7. The Labute approximate surface area is 190 Å². The first kappa shape index (κ1) is 23.6. The molecule has 0 aliphatic carbocycles. The van der Waals surface area contributed by atoms with E-state index in [1.54, 1.807) is 32.0 Å². The Morgan fingerprint density at radius 2 is 2.03 bits per heavy atom. The molecule has 1 aromatic carbocycles. The number of imidazole rings is 1. The van der Waals surface area contributed by atoms with E-state index in [0.717, 1.165) is 15.9 Å². The van der Waals surface area contributed by atoms with Crippen molar-refractivity contribution >= 4 is 40.4 Å². The van der Waals surface area contributed by atoms with Crippen LogP contribution in [0.3, 0.4) is 0 Å². The molecule has 2 heterocycles. The third-order valence-electron chi connectivity index (χ3n) is 4.15. The highest BCUT2D eigenvalue weighted by molar-refractivity contribution is 8.00. The molecule has 0 fully saturated rings. The third-order valence-corrected chi connectivity index (χ3v) is 5.74. The highest BCUT2D eigenvalue weighted by Crippen LogP contribution is 2.39. The number of carbonyl (C=O) groups excluding carboxylic acids is 1. The van der Waals surface area contributed by atoms with Crippen molar-refractivity contribution in [2.45, 2.75) is 44.1 Å². The number of fused-ring (bicyclic) bond motifs is 1. The number of rotatable bonds is 9. The van der Waals surface area contributed by atoms with Crippen LogP contribution < -0.4 is 0 Å². The maximum absolute atomic E-state index is 12.1. The number of thioether (sulfide) groups is 1. The van der Waals surface area contributed by atoms with Crippen molar-refractivity contribution in [1.82, 2.24) is 19.3 Å². The predicted molar refractivity (Wildman–Crippen MR) is 121 cm³/mol. The summed E-state index contributed by atoms with van der Waals surface area (Å²) in [5.41, 5.74) is 1.92. The van der Waals surface area contributed by atoms with Crippen molar-refractivity contribution in [3.05, 3.63) is 35.1 Å². The number of halogens is 1. The molecular weight excluding hydrogens is 440 g/mol. The molecule has 0 bridgehead atoms. The number of aromatic nitrogens is 4. The minimum atomic E-state index is -0.431. The van der Waals surface area contributed by atoms with Gasteiger partial charge in [-0.05, 0) is 19.1 Å². The number of benzene rings is 1. The monoisotopic (exact) mass is 466 g/mol. The first-order valence-corrected chi connectivity index (χ1v) is 11.1. The maximum atomic E-state index is 12.1. The van der Waals surface area contributed by atoms with Gasteiger partial charge in [0.05, 0.1) is 47.6 Å². The normalized spacial score (nSPS) is 11.9. The molecule has 8 nitrogen and oxygen atoms in total. The maximum Gasteiger partial charge on any atom is 0.341 e. The van der Waals surface area contributed by atoms with E-state index in [1.165, 1.54) is 10.9 Å². The van der Waals surface area contributed by atoms with Crippen molar-refractivity contribution in [3.63, 3.8) is 0 Å². The van der Waals surface area contributed by atoms with Gasteiger partial charge in [-0.25, -0.2) is 14.5 Å². The van der Waals surface area contributed by atoms with Gasteiger partial charge in [0.15, 0.2) is 0 Å². The number of esters is 1. The van der Waals surface area contributed by atoms with E-state index in [0.29, 0.717) is 36.4 Å². The fourth-order valence-corrected chi connectivity index (χ4v) is 4.13. The lowest BCUT2D eigenvalue weighted by Gasteiger charge is -2.18. The lowest BCUT2D eigenvalue weighted by Crippen LogP contribution is -2.12. The van der Waals surface area contributed by atoms with Gasteiger partial charge in [-0.3, -0.25) is 4.57 Å². The lowest BCUT2D eigenvalue weighted by molar-refractivity contribution is 0.0356. The van der Waals surface area contributed by atoms with Gasteiger partial charge >= 0.3 is 5.97 Å². The average molecular weight is 467 g/mol. The topological polar surface area (TPSA) is 80.4 Å². The molecule has 2 aromatic heterocycles. The molecule has 3 rings (SSSR count). The van der Waals surface area contributed by atoms with Crippen molar-refractivity contribution in [2.75, 3.05) is 26.9 Å². The van der Waals surface area contributed by atoms with Gasteiger partial charge in [-0.1, -0.05) is 32.4 Å². The van der Waals surface area contributed by atoms with E-state index in [4.69, 9.17) is 30.8 Å². The zero-order chi connectivity index (χ0) is 22.6. The highest BCUT2D eigenvalue weighted by Gasteiger charge is 2.20. The fraction of sp³-hybridized carbons (Fsp3) is 0.476. The van der Waals surface area contributed by atoms with E-state index in [9.17, 15) is 4.79 Å². The van der Waals surface area contributed by atoms with E-state index in [2.05, 4.69) is 25.9 Å². The van der Waals surface area contributed by atoms with Crippen LogP contribution >= 0.6 is 23.4 Å². The van der Waals surface area contributed by atoms with Crippen LogP contribution in [0, 0.1) is 0 Å². The molecule has 10 heteroatoms. The second kappa shape index (κ2) is 10.0. The number of methoxy groups -OCH3 is 1. The fourth-order valence-electron chi connectivity index (χ4n) is 2.87. The molecule has 3 aromatic rings. The summed E-state index contributed by atoms with van der Waals surface area (Å²) in [6.07, 6.45) is 3.05. The van der Waals surface area contributed by atoms with Crippen LogP contribution in [0.1, 0.15) is 38.1 Å². The molecule has 0 spiro atoms. The van der Waals surface area contributed by atoms with Gasteiger partial charge in [0.1, 0.15) is 6.73 Å². The lowest BCUT2D eigenvalue weighted by atomic mass is 10.3. The summed E-state index contributed by atoms with van der Waals surface area (Å²) < 4.78 is 19.3. The summed E-state index contributed by atoms with van der Waals surface area (Å²) in [5.74, 6) is 0.0802.